The summed E-state index contributed by atoms with van der Waals surface area (Å²) < 4.78 is 35.6. The molecule has 0 saturated heterocycles. The van der Waals surface area contributed by atoms with Gasteiger partial charge in [-0.15, -0.1) is 10.2 Å². The number of hydrogen-bond acceptors (Lipinski definition) is 6. The monoisotopic (exact) mass is 354 g/mol. The fraction of sp³-hybridized carbons (Fsp3) is 0.111. The van der Waals surface area contributed by atoms with Gasteiger partial charge in [-0.3, -0.25) is 9.97 Å². The van der Waals surface area contributed by atoms with Crippen LogP contribution in [0.3, 0.4) is 0 Å². The van der Waals surface area contributed by atoms with E-state index in [1.165, 1.54) is 6.20 Å². The van der Waals surface area contributed by atoms with Crippen molar-refractivity contribution >= 4 is 10.9 Å². The van der Waals surface area contributed by atoms with Gasteiger partial charge in [-0.2, -0.15) is 8.78 Å². The zero-order valence-electron chi connectivity index (χ0n) is 13.3. The van der Waals surface area contributed by atoms with E-state index in [0.29, 0.717) is 17.0 Å². The average Bonchev–Trinajstić information content (AvgIpc) is 3.17. The number of aromatic nitrogens is 4. The van der Waals surface area contributed by atoms with Crippen molar-refractivity contribution in [1.82, 2.24) is 20.2 Å². The lowest BCUT2D eigenvalue weighted by molar-refractivity contribution is 0.116. The van der Waals surface area contributed by atoms with Crippen LogP contribution in [0.4, 0.5) is 8.78 Å². The number of nitrogens with zero attached hydrogens (tertiary/aromatic N) is 4. The molecular weight excluding hydrogens is 342 g/mol. The van der Waals surface area contributed by atoms with E-state index in [2.05, 4.69) is 20.2 Å². The van der Waals surface area contributed by atoms with Crippen LogP contribution < -0.4 is 4.74 Å². The van der Waals surface area contributed by atoms with Gasteiger partial charge in [0.2, 0.25) is 5.89 Å². The SMILES string of the molecule is FC(F)c1nnc(-c2ccc(COc3ccc4ncccc4c3)nc2)o1. The Hall–Kier alpha value is -3.42. The van der Waals surface area contributed by atoms with Crippen LogP contribution in [0.5, 0.6) is 5.75 Å². The molecule has 0 fully saturated rings. The number of hydrogen-bond donors (Lipinski definition) is 0. The Labute approximate surface area is 146 Å². The molecule has 0 atom stereocenters. The van der Waals surface area contributed by atoms with E-state index in [1.807, 2.05) is 30.3 Å². The van der Waals surface area contributed by atoms with Crippen molar-refractivity contribution in [3.8, 4) is 17.2 Å². The molecule has 0 aliphatic rings. The highest BCUT2D eigenvalue weighted by atomic mass is 19.3. The van der Waals surface area contributed by atoms with Crippen LogP contribution in [-0.4, -0.2) is 20.2 Å². The second kappa shape index (κ2) is 6.83. The smallest absolute Gasteiger partial charge is 0.314 e. The molecule has 0 saturated carbocycles. The van der Waals surface area contributed by atoms with E-state index in [9.17, 15) is 8.78 Å². The normalized spacial score (nSPS) is 11.2. The van der Waals surface area contributed by atoms with Gasteiger partial charge in [0, 0.05) is 17.8 Å². The molecule has 4 rings (SSSR count). The Morgan fingerprint density at radius 3 is 2.73 bits per heavy atom. The van der Waals surface area contributed by atoms with Crippen LogP contribution in [0, 0.1) is 0 Å². The Morgan fingerprint density at radius 2 is 1.96 bits per heavy atom. The summed E-state index contributed by atoms with van der Waals surface area (Å²) in [4.78, 5) is 8.49. The van der Waals surface area contributed by atoms with Gasteiger partial charge < -0.3 is 9.15 Å². The summed E-state index contributed by atoms with van der Waals surface area (Å²) in [5.74, 6) is -0.00430. The lowest BCUT2D eigenvalue weighted by Gasteiger charge is -2.07. The zero-order valence-corrected chi connectivity index (χ0v) is 13.3. The number of ether oxygens (including phenoxy) is 1. The molecule has 3 heterocycles. The highest BCUT2D eigenvalue weighted by molar-refractivity contribution is 5.79. The van der Waals surface area contributed by atoms with Crippen molar-refractivity contribution in [3.63, 3.8) is 0 Å². The molecule has 4 aromatic rings. The van der Waals surface area contributed by atoms with Crippen molar-refractivity contribution in [3.05, 3.63) is 66.4 Å². The van der Waals surface area contributed by atoms with Crippen LogP contribution in [0.25, 0.3) is 22.4 Å². The molecule has 0 unspecified atom stereocenters. The van der Waals surface area contributed by atoms with Crippen molar-refractivity contribution < 1.29 is 17.9 Å². The molecule has 6 nitrogen and oxygen atoms in total. The number of fused-ring (bicyclic) bond motifs is 1. The van der Waals surface area contributed by atoms with Gasteiger partial charge in [0.25, 0.3) is 5.89 Å². The Balaban J connectivity index is 1.44. The summed E-state index contributed by atoms with van der Waals surface area (Å²) in [6.45, 7) is 0.262. The quantitative estimate of drug-likeness (QED) is 0.535. The van der Waals surface area contributed by atoms with Crippen molar-refractivity contribution in [2.24, 2.45) is 0 Å². The van der Waals surface area contributed by atoms with Gasteiger partial charge in [0.1, 0.15) is 12.4 Å². The third-order valence-electron chi connectivity index (χ3n) is 3.66. The van der Waals surface area contributed by atoms with Crippen molar-refractivity contribution in [2.75, 3.05) is 0 Å². The van der Waals surface area contributed by atoms with E-state index in [4.69, 9.17) is 9.15 Å². The summed E-state index contributed by atoms with van der Waals surface area (Å²) >= 11 is 0. The van der Waals surface area contributed by atoms with Crippen LogP contribution >= 0.6 is 0 Å². The fourth-order valence-electron chi connectivity index (χ4n) is 2.38. The summed E-state index contributed by atoms with van der Waals surface area (Å²) in [6, 6.07) is 12.8. The topological polar surface area (TPSA) is 73.9 Å². The predicted molar refractivity (Wildman–Crippen MR) is 88.6 cm³/mol. The number of benzene rings is 1. The van der Waals surface area contributed by atoms with Crippen LogP contribution in [-0.2, 0) is 6.61 Å². The molecule has 1 aromatic carbocycles. The molecule has 0 radical (unpaired) electrons. The third kappa shape index (κ3) is 3.34. The molecule has 0 amide bonds. The highest BCUT2D eigenvalue weighted by Gasteiger charge is 2.17. The summed E-state index contributed by atoms with van der Waals surface area (Å²) in [5, 5.41) is 7.86. The number of rotatable bonds is 5. The summed E-state index contributed by atoms with van der Waals surface area (Å²) in [5.41, 5.74) is 2.03. The molecule has 26 heavy (non-hydrogen) atoms. The van der Waals surface area contributed by atoms with E-state index < -0.39 is 12.3 Å². The predicted octanol–water partition coefficient (Wildman–Crippen LogP) is 4.20. The maximum Gasteiger partial charge on any atom is 0.314 e. The molecule has 0 bridgehead atoms. The fourth-order valence-corrected chi connectivity index (χ4v) is 2.38. The molecule has 0 aliphatic carbocycles. The maximum absolute atomic E-state index is 12.5. The molecule has 0 N–H and O–H groups in total. The zero-order chi connectivity index (χ0) is 17.9. The molecule has 8 heteroatoms. The van der Waals surface area contributed by atoms with Gasteiger partial charge in [0.15, 0.2) is 0 Å². The van der Waals surface area contributed by atoms with Crippen LogP contribution in [0.1, 0.15) is 18.0 Å². The Kier molecular flexibility index (Phi) is 4.22. The maximum atomic E-state index is 12.5. The second-order valence-corrected chi connectivity index (χ2v) is 5.43. The molecule has 0 aliphatic heterocycles. The first-order chi connectivity index (χ1) is 12.7. The van der Waals surface area contributed by atoms with E-state index >= 15 is 0 Å². The first-order valence-corrected chi connectivity index (χ1v) is 7.73. The minimum Gasteiger partial charge on any atom is -0.487 e. The standard InChI is InChI=1S/C18H12F2N4O2/c19-16(20)18-24-23-17(26-18)12-3-4-13(22-9-12)10-25-14-5-6-15-11(8-14)2-1-7-21-15/h1-9,16H,10H2. The van der Waals surface area contributed by atoms with Gasteiger partial charge in [-0.1, -0.05) is 6.07 Å². The number of alkyl halides is 2. The van der Waals surface area contributed by atoms with Gasteiger partial charge in [0.05, 0.1) is 16.8 Å². The highest BCUT2D eigenvalue weighted by Crippen LogP contribution is 2.23. The number of halogens is 2. The lowest BCUT2D eigenvalue weighted by Crippen LogP contribution is -1.98. The molecule has 130 valence electrons. The molecule has 0 spiro atoms. The van der Waals surface area contributed by atoms with Gasteiger partial charge in [-0.05, 0) is 36.4 Å². The Bertz CT molecular complexity index is 1030. The minimum absolute atomic E-state index is 0.00213. The second-order valence-electron chi connectivity index (χ2n) is 5.43. The third-order valence-corrected chi connectivity index (χ3v) is 3.66. The van der Waals surface area contributed by atoms with Gasteiger partial charge in [-0.25, -0.2) is 0 Å². The molecular formula is C18H12F2N4O2. The summed E-state index contributed by atoms with van der Waals surface area (Å²) in [7, 11) is 0. The number of pyridine rings is 2. The average molecular weight is 354 g/mol. The lowest BCUT2D eigenvalue weighted by atomic mass is 10.2. The van der Waals surface area contributed by atoms with E-state index in [1.54, 1.807) is 18.3 Å². The summed E-state index contributed by atoms with van der Waals surface area (Å²) in [6.07, 6.45) is 0.419. The van der Waals surface area contributed by atoms with E-state index in [0.717, 1.165) is 10.9 Å². The van der Waals surface area contributed by atoms with Gasteiger partial charge >= 0.3 is 6.43 Å². The van der Waals surface area contributed by atoms with Crippen molar-refractivity contribution in [1.29, 1.82) is 0 Å². The Morgan fingerprint density at radius 1 is 1.04 bits per heavy atom. The molecule has 3 aromatic heterocycles. The van der Waals surface area contributed by atoms with Crippen molar-refractivity contribution in [2.45, 2.75) is 13.0 Å². The largest absolute Gasteiger partial charge is 0.487 e. The van der Waals surface area contributed by atoms with E-state index in [-0.39, 0.29) is 12.5 Å². The van der Waals surface area contributed by atoms with Crippen LogP contribution in [0.15, 0.2) is 59.3 Å². The first-order valence-electron chi connectivity index (χ1n) is 7.73. The first kappa shape index (κ1) is 16.1. The minimum atomic E-state index is -2.80. The van der Waals surface area contributed by atoms with Crippen LogP contribution in [0.2, 0.25) is 0 Å².